The molecule has 1 spiro atoms. The molecule has 0 bridgehead atoms. The number of nitrogens with zero attached hydrogens (tertiary/aromatic N) is 5. The van der Waals surface area contributed by atoms with Crippen LogP contribution in [0.15, 0.2) is 12.4 Å². The van der Waals surface area contributed by atoms with E-state index in [1.54, 1.807) is 6.33 Å². The first-order valence-electron chi connectivity index (χ1n) is 8.49. The lowest BCUT2D eigenvalue weighted by Crippen LogP contribution is -2.51. The van der Waals surface area contributed by atoms with Gasteiger partial charge in [-0.25, -0.2) is 0 Å². The number of carbonyl (C=O) groups is 1. The molecule has 4 heterocycles. The second kappa shape index (κ2) is 4.66. The molecule has 120 valence electrons. The van der Waals surface area contributed by atoms with Crippen LogP contribution in [0.25, 0.3) is 5.65 Å². The number of nitrogens with one attached hydrogen (secondary N) is 1. The van der Waals surface area contributed by atoms with Crippen LogP contribution < -0.4 is 10.2 Å². The zero-order valence-electron chi connectivity index (χ0n) is 13.0. The van der Waals surface area contributed by atoms with Crippen molar-refractivity contribution < 1.29 is 4.79 Å². The molecule has 0 atom stereocenters. The van der Waals surface area contributed by atoms with Crippen LogP contribution in [0.2, 0.25) is 0 Å². The second-order valence-corrected chi connectivity index (χ2v) is 7.14. The van der Waals surface area contributed by atoms with E-state index < -0.39 is 0 Å². The van der Waals surface area contributed by atoms with Gasteiger partial charge in [0.2, 0.25) is 11.6 Å². The lowest BCUT2D eigenvalue weighted by molar-refractivity contribution is -0.119. The summed E-state index contributed by atoms with van der Waals surface area (Å²) in [6.07, 6.45) is 7.80. The summed E-state index contributed by atoms with van der Waals surface area (Å²) >= 11 is 0. The standard InChI is InChI=1S/C16H20N6O/c23-14-3-4-16(18-14)5-7-21(8-6-16)13-9-12(11-1-2-11)20-22-10-17-19-15(13)22/h9-11H,1-8H2,(H,18,23). The minimum atomic E-state index is 0.0316. The molecule has 1 aliphatic carbocycles. The number of rotatable bonds is 2. The fraction of sp³-hybridized carbons (Fsp3) is 0.625. The maximum atomic E-state index is 11.6. The molecule has 0 radical (unpaired) electrons. The Hall–Kier alpha value is -2.18. The number of hydrogen-bond donors (Lipinski definition) is 1. The summed E-state index contributed by atoms with van der Waals surface area (Å²) < 4.78 is 1.81. The second-order valence-electron chi connectivity index (χ2n) is 7.14. The van der Waals surface area contributed by atoms with E-state index >= 15 is 0 Å². The van der Waals surface area contributed by atoms with Gasteiger partial charge in [0.25, 0.3) is 0 Å². The van der Waals surface area contributed by atoms with Gasteiger partial charge in [0, 0.05) is 31.0 Å². The fourth-order valence-electron chi connectivity index (χ4n) is 3.97. The maximum absolute atomic E-state index is 11.6. The first kappa shape index (κ1) is 13.3. The Morgan fingerprint density at radius 2 is 2.04 bits per heavy atom. The van der Waals surface area contributed by atoms with Crippen molar-refractivity contribution in [2.45, 2.75) is 50.0 Å². The van der Waals surface area contributed by atoms with Crippen molar-refractivity contribution in [3.63, 3.8) is 0 Å². The molecule has 7 heteroatoms. The van der Waals surface area contributed by atoms with Crippen LogP contribution in [0, 0.1) is 0 Å². The molecule has 3 fully saturated rings. The Kier molecular flexibility index (Phi) is 2.69. The molecule has 2 aromatic heterocycles. The van der Waals surface area contributed by atoms with Gasteiger partial charge >= 0.3 is 0 Å². The molecule has 2 aromatic rings. The first-order valence-corrected chi connectivity index (χ1v) is 8.49. The Morgan fingerprint density at radius 1 is 1.22 bits per heavy atom. The minimum absolute atomic E-state index is 0.0316. The van der Waals surface area contributed by atoms with E-state index in [-0.39, 0.29) is 11.4 Å². The highest BCUT2D eigenvalue weighted by Gasteiger charge is 2.40. The van der Waals surface area contributed by atoms with Gasteiger partial charge in [0.05, 0.1) is 11.4 Å². The van der Waals surface area contributed by atoms with E-state index in [1.165, 1.54) is 12.8 Å². The molecule has 7 nitrogen and oxygen atoms in total. The third-order valence-corrected chi connectivity index (χ3v) is 5.56. The van der Waals surface area contributed by atoms with E-state index in [4.69, 9.17) is 0 Å². The van der Waals surface area contributed by atoms with E-state index in [0.717, 1.165) is 49.4 Å². The highest BCUT2D eigenvalue weighted by molar-refractivity contribution is 5.79. The predicted octanol–water partition coefficient (Wildman–Crippen LogP) is 1.25. The highest BCUT2D eigenvalue weighted by atomic mass is 16.2. The molecule has 2 aliphatic heterocycles. The van der Waals surface area contributed by atoms with Gasteiger partial charge in [-0.05, 0) is 38.2 Å². The molecule has 0 aromatic carbocycles. The van der Waals surface area contributed by atoms with Gasteiger partial charge in [-0.2, -0.15) is 9.61 Å². The van der Waals surface area contributed by atoms with Gasteiger partial charge < -0.3 is 10.2 Å². The van der Waals surface area contributed by atoms with Crippen molar-refractivity contribution in [2.75, 3.05) is 18.0 Å². The SMILES string of the molecule is O=C1CCC2(CCN(c3cc(C4CC4)nn4cnnc34)CC2)N1. The molecule has 3 aliphatic rings. The van der Waals surface area contributed by atoms with E-state index in [2.05, 4.69) is 31.6 Å². The van der Waals surface area contributed by atoms with Gasteiger partial charge in [-0.15, -0.1) is 10.2 Å². The zero-order valence-corrected chi connectivity index (χ0v) is 13.0. The van der Waals surface area contributed by atoms with Crippen molar-refractivity contribution in [2.24, 2.45) is 0 Å². The number of piperidine rings is 1. The van der Waals surface area contributed by atoms with Crippen LogP contribution in [0.3, 0.4) is 0 Å². The van der Waals surface area contributed by atoms with E-state index in [9.17, 15) is 4.79 Å². The summed E-state index contributed by atoms with van der Waals surface area (Å²) in [4.78, 5) is 14.0. The summed E-state index contributed by atoms with van der Waals surface area (Å²) in [5.74, 6) is 0.809. The molecule has 5 rings (SSSR count). The van der Waals surface area contributed by atoms with Crippen molar-refractivity contribution in [3.8, 4) is 0 Å². The predicted molar refractivity (Wildman–Crippen MR) is 84.3 cm³/mol. The van der Waals surface area contributed by atoms with Crippen LogP contribution >= 0.6 is 0 Å². The summed E-state index contributed by atoms with van der Waals surface area (Å²) in [6.45, 7) is 1.88. The molecular weight excluding hydrogens is 292 g/mol. The number of aromatic nitrogens is 4. The monoisotopic (exact) mass is 312 g/mol. The molecule has 2 saturated heterocycles. The molecule has 1 saturated carbocycles. The summed E-state index contributed by atoms with van der Waals surface area (Å²) in [7, 11) is 0. The quantitative estimate of drug-likeness (QED) is 0.903. The van der Waals surface area contributed by atoms with E-state index in [1.807, 2.05) is 4.52 Å². The van der Waals surface area contributed by atoms with Gasteiger partial charge in [-0.3, -0.25) is 4.79 Å². The van der Waals surface area contributed by atoms with Crippen LogP contribution in [-0.4, -0.2) is 44.3 Å². The first-order chi connectivity index (χ1) is 11.2. The highest BCUT2D eigenvalue weighted by Crippen LogP contribution is 2.41. The Labute approximate surface area is 134 Å². The summed E-state index contributed by atoms with van der Waals surface area (Å²) in [5, 5.41) is 16.1. The van der Waals surface area contributed by atoms with Crippen molar-refractivity contribution in [3.05, 3.63) is 18.1 Å². The normalized spacial score (nSPS) is 23.7. The van der Waals surface area contributed by atoms with Gasteiger partial charge in [0.15, 0.2) is 0 Å². The third kappa shape index (κ3) is 2.17. The zero-order chi connectivity index (χ0) is 15.4. The van der Waals surface area contributed by atoms with Crippen LogP contribution in [0.1, 0.15) is 50.1 Å². The van der Waals surface area contributed by atoms with Gasteiger partial charge in [-0.1, -0.05) is 0 Å². The fourth-order valence-corrected chi connectivity index (χ4v) is 3.97. The summed E-state index contributed by atoms with van der Waals surface area (Å²) in [5.41, 5.74) is 3.16. The average Bonchev–Trinajstić information content (AvgIpc) is 3.20. The van der Waals surface area contributed by atoms with Crippen molar-refractivity contribution in [1.29, 1.82) is 0 Å². The van der Waals surface area contributed by atoms with Crippen molar-refractivity contribution >= 4 is 17.2 Å². The van der Waals surface area contributed by atoms with E-state index in [0.29, 0.717) is 12.3 Å². The Bertz CT molecular complexity index is 772. The number of hydrogen-bond acceptors (Lipinski definition) is 5. The molecule has 1 N–H and O–H groups in total. The third-order valence-electron chi connectivity index (χ3n) is 5.56. The topological polar surface area (TPSA) is 75.4 Å². The molecule has 23 heavy (non-hydrogen) atoms. The number of anilines is 1. The van der Waals surface area contributed by atoms with Crippen LogP contribution in [0.5, 0.6) is 0 Å². The van der Waals surface area contributed by atoms with Crippen LogP contribution in [-0.2, 0) is 4.79 Å². The molecule has 0 unspecified atom stereocenters. The number of fused-ring (bicyclic) bond motifs is 1. The summed E-state index contributed by atoms with van der Waals surface area (Å²) in [6, 6.07) is 2.20. The number of carbonyl (C=O) groups excluding carboxylic acids is 1. The Balaban J connectivity index is 1.45. The average molecular weight is 312 g/mol. The van der Waals surface area contributed by atoms with Crippen LogP contribution in [0.4, 0.5) is 5.69 Å². The number of amides is 1. The lowest BCUT2D eigenvalue weighted by Gasteiger charge is -2.40. The Morgan fingerprint density at radius 3 is 2.74 bits per heavy atom. The van der Waals surface area contributed by atoms with Crippen molar-refractivity contribution in [1.82, 2.24) is 25.1 Å². The molecular formula is C16H20N6O. The largest absolute Gasteiger partial charge is 0.368 e. The molecule has 1 amide bonds. The van der Waals surface area contributed by atoms with Gasteiger partial charge in [0.1, 0.15) is 6.33 Å². The minimum Gasteiger partial charge on any atom is -0.368 e. The smallest absolute Gasteiger partial charge is 0.220 e. The maximum Gasteiger partial charge on any atom is 0.220 e. The lowest BCUT2D eigenvalue weighted by atomic mass is 9.86.